The molecule has 0 spiro atoms. The van der Waals surface area contributed by atoms with E-state index < -0.39 is 11.6 Å². The van der Waals surface area contributed by atoms with Crippen molar-refractivity contribution in [3.05, 3.63) is 102 Å². The molecule has 5 nitrogen and oxygen atoms in total. The summed E-state index contributed by atoms with van der Waals surface area (Å²) in [6, 6.07) is 28.1. The van der Waals surface area contributed by atoms with Crippen LogP contribution >= 0.6 is 0 Å². The summed E-state index contributed by atoms with van der Waals surface area (Å²) in [4.78, 5) is 0. The van der Waals surface area contributed by atoms with Crippen LogP contribution in [0.1, 0.15) is 37.0 Å². The first-order chi connectivity index (χ1) is 17.5. The Labute approximate surface area is 210 Å². The smallest absolute Gasteiger partial charge is 0.309 e. The van der Waals surface area contributed by atoms with Gasteiger partial charge in [0.25, 0.3) is 0 Å². The molecule has 3 heterocycles. The SMILES string of the molecule is CC1(C)CCc2c3c(c4ccccc4c2O1)O[C@@]1(c2ccccc2)OCCO[C@@]1(c1ccccc1)O3. The predicted molar refractivity (Wildman–Crippen MR) is 136 cm³/mol. The molecule has 36 heavy (non-hydrogen) atoms. The average molecular weight is 481 g/mol. The molecule has 3 aliphatic rings. The molecule has 3 aliphatic heterocycles. The molecule has 5 heteroatoms. The van der Waals surface area contributed by atoms with Crippen molar-refractivity contribution < 1.29 is 23.7 Å². The molecule has 4 aromatic carbocycles. The molecular weight excluding hydrogens is 452 g/mol. The Morgan fingerprint density at radius 1 is 0.556 bits per heavy atom. The Hall–Kier alpha value is -3.54. The van der Waals surface area contributed by atoms with Crippen LogP contribution in [0, 0.1) is 0 Å². The second-order valence-corrected chi connectivity index (χ2v) is 10.2. The highest BCUT2D eigenvalue weighted by Crippen LogP contribution is 2.61. The molecule has 0 unspecified atom stereocenters. The van der Waals surface area contributed by atoms with E-state index in [0.29, 0.717) is 24.7 Å². The van der Waals surface area contributed by atoms with Gasteiger partial charge in [0, 0.05) is 27.5 Å². The van der Waals surface area contributed by atoms with Crippen LogP contribution in [0.4, 0.5) is 0 Å². The van der Waals surface area contributed by atoms with E-state index in [1.54, 1.807) is 0 Å². The van der Waals surface area contributed by atoms with Crippen LogP contribution in [0.25, 0.3) is 10.8 Å². The highest BCUT2D eigenvalue weighted by molar-refractivity contribution is 5.98. The summed E-state index contributed by atoms with van der Waals surface area (Å²) in [5.41, 5.74) is 2.40. The first-order valence-electron chi connectivity index (χ1n) is 12.6. The fraction of sp³-hybridized carbons (Fsp3) is 0.290. The molecule has 1 fully saturated rings. The minimum atomic E-state index is -1.34. The minimum Gasteiger partial charge on any atom is -0.487 e. The zero-order chi connectivity index (χ0) is 24.4. The van der Waals surface area contributed by atoms with E-state index in [0.717, 1.165) is 46.1 Å². The number of ether oxygens (including phenoxy) is 5. The second kappa shape index (κ2) is 7.73. The largest absolute Gasteiger partial charge is 0.487 e. The topological polar surface area (TPSA) is 46.2 Å². The Bertz CT molecular complexity index is 1450. The van der Waals surface area contributed by atoms with Gasteiger partial charge in [-0.1, -0.05) is 84.9 Å². The molecule has 0 amide bonds. The Kier molecular flexibility index (Phi) is 4.66. The number of rotatable bonds is 2. The van der Waals surface area contributed by atoms with E-state index in [1.807, 2.05) is 72.8 Å². The van der Waals surface area contributed by atoms with Crippen molar-refractivity contribution in [2.24, 2.45) is 0 Å². The van der Waals surface area contributed by atoms with Gasteiger partial charge in [-0.15, -0.1) is 0 Å². The normalized spacial score (nSPS) is 25.9. The molecule has 2 atom stereocenters. The summed E-state index contributed by atoms with van der Waals surface area (Å²) in [6.45, 7) is 5.01. The Morgan fingerprint density at radius 3 is 1.64 bits per heavy atom. The molecular formula is C31H28O5. The van der Waals surface area contributed by atoms with Crippen molar-refractivity contribution in [1.82, 2.24) is 0 Å². The third kappa shape index (κ3) is 2.96. The summed E-state index contributed by atoms with van der Waals surface area (Å²) >= 11 is 0. The number of hydrogen-bond donors (Lipinski definition) is 0. The van der Waals surface area contributed by atoms with Crippen LogP contribution in [0.2, 0.25) is 0 Å². The fourth-order valence-corrected chi connectivity index (χ4v) is 5.73. The van der Waals surface area contributed by atoms with Crippen molar-refractivity contribution in [3.8, 4) is 17.2 Å². The van der Waals surface area contributed by atoms with Crippen molar-refractivity contribution >= 4 is 10.8 Å². The molecule has 1 saturated heterocycles. The van der Waals surface area contributed by atoms with Gasteiger partial charge in [-0.3, -0.25) is 0 Å². The second-order valence-electron chi connectivity index (χ2n) is 10.2. The predicted octanol–water partition coefficient (Wildman–Crippen LogP) is 6.47. The fourth-order valence-electron chi connectivity index (χ4n) is 5.73. The van der Waals surface area contributed by atoms with Crippen LogP contribution in [0.5, 0.6) is 17.2 Å². The summed E-state index contributed by atoms with van der Waals surface area (Å²) < 4.78 is 33.9. The third-order valence-electron chi connectivity index (χ3n) is 7.45. The molecule has 0 N–H and O–H groups in total. The van der Waals surface area contributed by atoms with Crippen LogP contribution in [0.3, 0.4) is 0 Å². The van der Waals surface area contributed by atoms with Crippen molar-refractivity contribution in [2.75, 3.05) is 13.2 Å². The first-order valence-corrected chi connectivity index (χ1v) is 12.6. The van der Waals surface area contributed by atoms with Crippen LogP contribution in [0.15, 0.2) is 84.9 Å². The van der Waals surface area contributed by atoms with Crippen LogP contribution < -0.4 is 14.2 Å². The Morgan fingerprint density at radius 2 is 1.06 bits per heavy atom. The zero-order valence-electron chi connectivity index (χ0n) is 20.5. The lowest BCUT2D eigenvalue weighted by molar-refractivity contribution is -0.423. The van der Waals surface area contributed by atoms with E-state index in [2.05, 4.69) is 26.0 Å². The lowest BCUT2D eigenvalue weighted by Crippen LogP contribution is -2.64. The van der Waals surface area contributed by atoms with Crippen LogP contribution in [-0.4, -0.2) is 18.8 Å². The van der Waals surface area contributed by atoms with Gasteiger partial charge >= 0.3 is 11.6 Å². The molecule has 0 radical (unpaired) electrons. The maximum absolute atomic E-state index is 7.09. The average Bonchev–Trinajstić information content (AvgIpc) is 2.92. The van der Waals surface area contributed by atoms with Gasteiger partial charge in [-0.2, -0.15) is 0 Å². The first kappa shape index (κ1) is 21.7. The van der Waals surface area contributed by atoms with Crippen molar-refractivity contribution in [2.45, 2.75) is 43.9 Å². The van der Waals surface area contributed by atoms with Crippen molar-refractivity contribution in [1.29, 1.82) is 0 Å². The van der Waals surface area contributed by atoms with E-state index in [4.69, 9.17) is 23.7 Å². The van der Waals surface area contributed by atoms with Gasteiger partial charge in [0.1, 0.15) is 11.4 Å². The maximum Gasteiger partial charge on any atom is 0.309 e. The van der Waals surface area contributed by atoms with E-state index in [9.17, 15) is 0 Å². The van der Waals surface area contributed by atoms with Gasteiger partial charge in [-0.25, -0.2) is 0 Å². The molecule has 0 aromatic heterocycles. The summed E-state index contributed by atoms with van der Waals surface area (Å²) in [5, 5.41) is 1.94. The Balaban J connectivity index is 1.56. The third-order valence-corrected chi connectivity index (χ3v) is 7.45. The molecule has 0 aliphatic carbocycles. The number of benzene rings is 4. The van der Waals surface area contributed by atoms with Crippen molar-refractivity contribution in [3.63, 3.8) is 0 Å². The van der Waals surface area contributed by atoms with Gasteiger partial charge < -0.3 is 23.7 Å². The summed E-state index contributed by atoms with van der Waals surface area (Å²) in [5.74, 6) is -0.499. The highest BCUT2D eigenvalue weighted by atomic mass is 16.8. The standard InChI is InChI=1S/C31H28O5/c1-29(2)18-17-25-26(34-29)23-15-9-10-16-24(23)27-28(25)36-31(22-13-7-4-8-14-22)30(35-27,32-19-20-33-31)21-11-5-3-6-12-21/h3-16H,17-20H2,1-2H3/t30-,31+/m1/s1. The summed E-state index contributed by atoms with van der Waals surface area (Å²) in [6.07, 6.45) is 1.68. The molecule has 4 aromatic rings. The quantitative estimate of drug-likeness (QED) is 0.329. The van der Waals surface area contributed by atoms with E-state index in [-0.39, 0.29) is 5.60 Å². The van der Waals surface area contributed by atoms with E-state index in [1.165, 1.54) is 0 Å². The number of hydrogen-bond acceptors (Lipinski definition) is 5. The molecule has 182 valence electrons. The lowest BCUT2D eigenvalue weighted by Gasteiger charge is -2.54. The molecule has 7 rings (SSSR count). The zero-order valence-corrected chi connectivity index (χ0v) is 20.5. The van der Waals surface area contributed by atoms with Gasteiger partial charge in [0.05, 0.1) is 13.2 Å². The minimum absolute atomic E-state index is 0.269. The van der Waals surface area contributed by atoms with Crippen LogP contribution in [-0.2, 0) is 27.5 Å². The highest BCUT2D eigenvalue weighted by Gasteiger charge is 2.66. The maximum atomic E-state index is 7.09. The van der Waals surface area contributed by atoms with Gasteiger partial charge in [0.2, 0.25) is 0 Å². The van der Waals surface area contributed by atoms with Gasteiger partial charge in [0.15, 0.2) is 11.5 Å². The molecule has 0 bridgehead atoms. The lowest BCUT2D eigenvalue weighted by atomic mass is 9.86. The van der Waals surface area contributed by atoms with Gasteiger partial charge in [-0.05, 0) is 26.7 Å². The monoisotopic (exact) mass is 480 g/mol. The van der Waals surface area contributed by atoms with E-state index >= 15 is 0 Å². The number of fused-ring (bicyclic) bond motifs is 7. The molecule has 0 saturated carbocycles. The summed E-state index contributed by atoms with van der Waals surface area (Å²) in [7, 11) is 0.